The Morgan fingerprint density at radius 2 is 1.67 bits per heavy atom. The van der Waals surface area contributed by atoms with E-state index in [0.29, 0.717) is 17.0 Å². The molecule has 0 radical (unpaired) electrons. The first-order valence-electron chi connectivity index (χ1n) is 9.36. The molecule has 1 aromatic carbocycles. The van der Waals surface area contributed by atoms with Crippen molar-refractivity contribution in [1.82, 2.24) is 15.2 Å². The Balaban J connectivity index is 1.38. The molecule has 1 aromatic heterocycles. The van der Waals surface area contributed by atoms with E-state index in [0.717, 1.165) is 31.2 Å². The van der Waals surface area contributed by atoms with Crippen LogP contribution in [0.1, 0.15) is 41.6 Å². The summed E-state index contributed by atoms with van der Waals surface area (Å²) < 4.78 is 0. The molecule has 0 saturated carbocycles. The number of hydrogen-bond acceptors (Lipinski definition) is 3. The lowest BCUT2D eigenvalue weighted by Crippen LogP contribution is -2.52. The molecule has 27 heavy (non-hydrogen) atoms. The van der Waals surface area contributed by atoms with Crippen LogP contribution in [0.25, 0.3) is 0 Å². The molecule has 2 fully saturated rings. The lowest BCUT2D eigenvalue weighted by atomic mass is 9.96. The minimum atomic E-state index is -0.0669. The van der Waals surface area contributed by atoms with Crippen molar-refractivity contribution >= 4 is 23.4 Å². The maximum absolute atomic E-state index is 12.9. The van der Waals surface area contributed by atoms with Crippen molar-refractivity contribution in [2.75, 3.05) is 0 Å². The fourth-order valence-corrected chi connectivity index (χ4v) is 4.47. The summed E-state index contributed by atoms with van der Waals surface area (Å²) in [6.45, 7) is 0. The molecular weight excluding hydrogens is 362 g/mol. The molecule has 2 aliphatic heterocycles. The molecule has 0 spiro atoms. The number of benzene rings is 1. The van der Waals surface area contributed by atoms with E-state index in [4.69, 9.17) is 11.6 Å². The Morgan fingerprint density at radius 1 is 1.04 bits per heavy atom. The highest BCUT2D eigenvalue weighted by molar-refractivity contribution is 6.30. The molecule has 4 rings (SSSR count). The predicted molar refractivity (Wildman–Crippen MR) is 104 cm³/mol. The lowest BCUT2D eigenvalue weighted by molar-refractivity contribution is -0.135. The Kier molecular flexibility index (Phi) is 5.12. The summed E-state index contributed by atoms with van der Waals surface area (Å²) in [6, 6.07) is 11.4. The van der Waals surface area contributed by atoms with E-state index in [1.807, 2.05) is 24.3 Å². The van der Waals surface area contributed by atoms with Gasteiger partial charge in [-0.05, 0) is 55.5 Å². The summed E-state index contributed by atoms with van der Waals surface area (Å²) >= 11 is 5.92. The monoisotopic (exact) mass is 383 g/mol. The van der Waals surface area contributed by atoms with Gasteiger partial charge in [0.05, 0.1) is 6.42 Å². The van der Waals surface area contributed by atoms with Crippen LogP contribution in [0.5, 0.6) is 0 Å². The second-order valence-electron chi connectivity index (χ2n) is 7.37. The maximum Gasteiger partial charge on any atom is 0.251 e. The molecule has 3 heterocycles. The van der Waals surface area contributed by atoms with Crippen molar-refractivity contribution in [2.24, 2.45) is 0 Å². The van der Waals surface area contributed by atoms with E-state index in [9.17, 15) is 9.59 Å². The summed E-state index contributed by atoms with van der Waals surface area (Å²) in [7, 11) is 0. The fourth-order valence-electron chi connectivity index (χ4n) is 4.34. The van der Waals surface area contributed by atoms with Gasteiger partial charge in [-0.25, -0.2) is 0 Å². The molecule has 1 N–H and O–H groups in total. The van der Waals surface area contributed by atoms with E-state index >= 15 is 0 Å². The van der Waals surface area contributed by atoms with E-state index < -0.39 is 0 Å². The highest BCUT2D eigenvalue weighted by Crippen LogP contribution is 2.36. The number of hydrogen-bond donors (Lipinski definition) is 1. The van der Waals surface area contributed by atoms with Crippen molar-refractivity contribution in [3.63, 3.8) is 0 Å². The molecule has 2 bridgehead atoms. The van der Waals surface area contributed by atoms with Gasteiger partial charge >= 0.3 is 0 Å². The average molecular weight is 384 g/mol. The number of nitrogens with one attached hydrogen (secondary N) is 1. The largest absolute Gasteiger partial charge is 0.349 e. The topological polar surface area (TPSA) is 62.3 Å². The quantitative estimate of drug-likeness (QED) is 0.881. The van der Waals surface area contributed by atoms with Gasteiger partial charge in [0.1, 0.15) is 0 Å². The minimum Gasteiger partial charge on any atom is -0.349 e. The Morgan fingerprint density at radius 3 is 2.30 bits per heavy atom. The second-order valence-corrected chi connectivity index (χ2v) is 7.80. The number of piperidine rings is 1. The van der Waals surface area contributed by atoms with Crippen LogP contribution in [-0.2, 0) is 11.2 Å². The van der Waals surface area contributed by atoms with Crippen molar-refractivity contribution < 1.29 is 9.59 Å². The van der Waals surface area contributed by atoms with Crippen LogP contribution in [0.15, 0.2) is 48.8 Å². The number of pyridine rings is 1. The fraction of sp³-hybridized carbons (Fsp3) is 0.381. The third-order valence-electron chi connectivity index (χ3n) is 5.57. The van der Waals surface area contributed by atoms with E-state index in [-0.39, 0.29) is 29.9 Å². The van der Waals surface area contributed by atoms with Crippen molar-refractivity contribution in [1.29, 1.82) is 0 Å². The zero-order valence-corrected chi connectivity index (χ0v) is 15.7. The van der Waals surface area contributed by atoms with E-state index in [1.165, 1.54) is 0 Å². The van der Waals surface area contributed by atoms with Crippen LogP contribution in [0.4, 0.5) is 0 Å². The molecule has 5 nitrogen and oxygen atoms in total. The number of halogens is 1. The number of fused-ring (bicyclic) bond motifs is 2. The summed E-state index contributed by atoms with van der Waals surface area (Å²) in [5.41, 5.74) is 1.61. The molecular formula is C21H22ClN3O2. The molecule has 2 atom stereocenters. The van der Waals surface area contributed by atoms with Crippen molar-refractivity contribution in [3.05, 3.63) is 64.9 Å². The molecule has 2 saturated heterocycles. The summed E-state index contributed by atoms with van der Waals surface area (Å²) in [4.78, 5) is 31.3. The molecule has 2 amide bonds. The summed E-state index contributed by atoms with van der Waals surface area (Å²) in [5, 5.41) is 3.81. The number of carbonyl (C=O) groups excluding carboxylic acids is 2. The van der Waals surface area contributed by atoms with Crippen LogP contribution in [0, 0.1) is 0 Å². The average Bonchev–Trinajstić information content (AvgIpc) is 2.95. The third kappa shape index (κ3) is 3.98. The van der Waals surface area contributed by atoms with Gasteiger partial charge in [0.2, 0.25) is 5.91 Å². The third-order valence-corrected chi connectivity index (χ3v) is 5.82. The van der Waals surface area contributed by atoms with Gasteiger partial charge in [-0.3, -0.25) is 14.6 Å². The first kappa shape index (κ1) is 18.0. The number of nitrogens with zero attached hydrogens (tertiary/aromatic N) is 2. The first-order valence-corrected chi connectivity index (χ1v) is 9.74. The number of amides is 2. The van der Waals surface area contributed by atoms with Crippen molar-refractivity contribution in [3.8, 4) is 0 Å². The molecule has 6 heteroatoms. The van der Waals surface area contributed by atoms with Crippen LogP contribution < -0.4 is 5.32 Å². The number of rotatable bonds is 4. The standard InChI is InChI=1S/C21H22ClN3O2/c22-16-3-1-14(2-4-16)11-20(26)25-18-5-6-19(25)13-17(12-18)24-21(27)15-7-9-23-10-8-15/h1-4,7-10,17-19H,5-6,11-13H2,(H,24,27). The Hall–Kier alpha value is -2.40. The number of carbonyl (C=O) groups is 2. The van der Waals surface area contributed by atoms with Gasteiger partial charge in [-0.2, -0.15) is 0 Å². The zero-order valence-electron chi connectivity index (χ0n) is 15.0. The van der Waals surface area contributed by atoms with Gasteiger partial charge in [-0.15, -0.1) is 0 Å². The van der Waals surface area contributed by atoms with Crippen LogP contribution in [-0.4, -0.2) is 39.8 Å². The van der Waals surface area contributed by atoms with Crippen molar-refractivity contribution in [2.45, 2.75) is 50.2 Å². The number of aromatic nitrogens is 1. The van der Waals surface area contributed by atoms with Crippen LogP contribution >= 0.6 is 11.6 Å². The highest BCUT2D eigenvalue weighted by Gasteiger charge is 2.43. The lowest BCUT2D eigenvalue weighted by Gasteiger charge is -2.39. The van der Waals surface area contributed by atoms with Gasteiger partial charge in [0, 0.05) is 41.1 Å². The summed E-state index contributed by atoms with van der Waals surface area (Å²) in [6.07, 6.45) is 7.31. The first-order chi connectivity index (χ1) is 13.1. The molecule has 0 aliphatic carbocycles. The molecule has 2 aliphatic rings. The highest BCUT2D eigenvalue weighted by atomic mass is 35.5. The van der Waals surface area contributed by atoms with Crippen LogP contribution in [0.3, 0.4) is 0 Å². The summed E-state index contributed by atoms with van der Waals surface area (Å²) in [5.74, 6) is 0.103. The Bertz CT molecular complexity index is 811. The zero-order chi connectivity index (χ0) is 18.8. The van der Waals surface area contributed by atoms with Gasteiger partial charge in [0.15, 0.2) is 0 Å². The van der Waals surface area contributed by atoms with Gasteiger partial charge in [0.25, 0.3) is 5.91 Å². The second kappa shape index (κ2) is 7.69. The van der Waals surface area contributed by atoms with Crippen LogP contribution in [0.2, 0.25) is 5.02 Å². The van der Waals surface area contributed by atoms with Gasteiger partial charge in [-0.1, -0.05) is 23.7 Å². The SMILES string of the molecule is O=C(NC1CC2CCC(C1)N2C(=O)Cc1ccc(Cl)cc1)c1ccncc1. The maximum atomic E-state index is 12.9. The minimum absolute atomic E-state index is 0.0669. The van der Waals surface area contributed by atoms with E-state index in [2.05, 4.69) is 15.2 Å². The molecule has 2 aromatic rings. The van der Waals surface area contributed by atoms with E-state index in [1.54, 1.807) is 24.5 Å². The van der Waals surface area contributed by atoms with Gasteiger partial charge < -0.3 is 10.2 Å². The normalized spacial score (nSPS) is 23.9. The molecule has 2 unspecified atom stereocenters. The smallest absolute Gasteiger partial charge is 0.251 e. The predicted octanol–water partition coefficient (Wildman–Crippen LogP) is 3.23. The Labute approximate surface area is 163 Å². The molecule has 140 valence electrons.